The van der Waals surface area contributed by atoms with E-state index in [2.05, 4.69) is 0 Å². The van der Waals surface area contributed by atoms with Gasteiger partial charge in [-0.05, 0) is 36.5 Å². The lowest BCUT2D eigenvalue weighted by Gasteiger charge is -2.18. The van der Waals surface area contributed by atoms with Crippen LogP contribution in [0.15, 0.2) is 18.2 Å². The number of carbonyl (C=O) groups excluding carboxylic acids is 1. The predicted octanol–water partition coefficient (Wildman–Crippen LogP) is 2.77. The van der Waals surface area contributed by atoms with E-state index < -0.39 is 0 Å². The summed E-state index contributed by atoms with van der Waals surface area (Å²) in [6.07, 6.45) is 1.96. The Morgan fingerprint density at radius 1 is 1.30 bits per heavy atom. The Morgan fingerprint density at radius 3 is 2.80 bits per heavy atom. The highest BCUT2D eigenvalue weighted by Crippen LogP contribution is 2.38. The van der Waals surface area contributed by atoms with Gasteiger partial charge < -0.3 is 10.0 Å². The highest BCUT2D eigenvalue weighted by atomic mass is 35.5. The minimum atomic E-state index is -0.239. The lowest BCUT2D eigenvalue weighted by atomic mass is 10.00. The molecule has 1 aliphatic carbocycles. The van der Waals surface area contributed by atoms with E-state index in [0.29, 0.717) is 28.9 Å². The van der Waals surface area contributed by atoms with Crippen molar-refractivity contribution in [2.45, 2.75) is 25.4 Å². The van der Waals surface area contributed by atoms with Gasteiger partial charge in [-0.1, -0.05) is 29.3 Å². The summed E-state index contributed by atoms with van der Waals surface area (Å²) < 4.78 is 0. The normalized spacial score (nSPS) is 28.8. The number of carbonyl (C=O) groups is 1. The number of aliphatic hydroxyl groups excluding tert-OH is 1. The molecule has 1 aromatic carbocycles. The summed E-state index contributed by atoms with van der Waals surface area (Å²) in [6, 6.07) is 5.21. The number of amides is 1. The molecule has 2 fully saturated rings. The van der Waals surface area contributed by atoms with Gasteiger partial charge in [0.2, 0.25) is 5.91 Å². The van der Waals surface area contributed by atoms with Gasteiger partial charge in [0.15, 0.2) is 0 Å². The maximum atomic E-state index is 12.3. The van der Waals surface area contributed by atoms with Gasteiger partial charge in [0.1, 0.15) is 0 Å². The van der Waals surface area contributed by atoms with Crippen molar-refractivity contribution in [3.63, 3.8) is 0 Å². The fourth-order valence-electron chi connectivity index (χ4n) is 3.38. The quantitative estimate of drug-likeness (QED) is 0.912. The number of hydrogen-bond donors (Lipinski definition) is 1. The topological polar surface area (TPSA) is 40.5 Å². The second kappa shape index (κ2) is 5.55. The molecule has 20 heavy (non-hydrogen) atoms. The first-order chi connectivity index (χ1) is 9.54. The molecule has 1 N–H and O–H groups in total. The van der Waals surface area contributed by atoms with Gasteiger partial charge in [0, 0.05) is 29.1 Å². The number of likely N-dealkylation sites (tertiary alicyclic amines) is 1. The molecule has 2 aliphatic rings. The van der Waals surface area contributed by atoms with Gasteiger partial charge >= 0.3 is 0 Å². The Bertz CT molecular complexity index is 535. The van der Waals surface area contributed by atoms with Crippen LogP contribution in [0, 0.1) is 11.8 Å². The Morgan fingerprint density at radius 2 is 2.10 bits per heavy atom. The molecule has 3 nitrogen and oxygen atoms in total. The molecule has 0 aromatic heterocycles. The molecule has 0 bridgehead atoms. The summed E-state index contributed by atoms with van der Waals surface area (Å²) in [4.78, 5) is 14.2. The number of aliphatic hydroxyl groups is 1. The molecule has 1 aromatic rings. The summed E-state index contributed by atoms with van der Waals surface area (Å²) in [6.45, 7) is 1.45. The van der Waals surface area contributed by atoms with Crippen LogP contribution in [0.5, 0.6) is 0 Å². The largest absolute Gasteiger partial charge is 0.393 e. The first-order valence-electron chi connectivity index (χ1n) is 6.94. The molecule has 3 rings (SSSR count). The molecule has 1 heterocycles. The minimum Gasteiger partial charge on any atom is -0.393 e. The van der Waals surface area contributed by atoms with E-state index in [1.807, 2.05) is 4.90 Å². The highest BCUT2D eigenvalue weighted by molar-refractivity contribution is 6.35. The molecule has 1 aliphatic heterocycles. The van der Waals surface area contributed by atoms with E-state index in [1.165, 1.54) is 0 Å². The molecule has 3 unspecified atom stereocenters. The van der Waals surface area contributed by atoms with Crippen molar-refractivity contribution in [2.24, 2.45) is 11.8 Å². The van der Waals surface area contributed by atoms with Gasteiger partial charge in [0.25, 0.3) is 0 Å². The third kappa shape index (κ3) is 2.67. The molecule has 1 saturated heterocycles. The monoisotopic (exact) mass is 313 g/mol. The molecule has 0 radical (unpaired) electrons. The average Bonchev–Trinajstić information content (AvgIpc) is 2.96. The molecule has 108 valence electrons. The van der Waals surface area contributed by atoms with Crippen molar-refractivity contribution >= 4 is 29.1 Å². The molecule has 3 atom stereocenters. The lowest BCUT2D eigenvalue weighted by molar-refractivity contribution is -0.129. The van der Waals surface area contributed by atoms with Crippen LogP contribution >= 0.6 is 23.2 Å². The SMILES string of the molecule is O=C(Cc1ccc(Cl)cc1Cl)N1CC2CCC(O)C2C1. The number of fused-ring (bicyclic) bond motifs is 1. The fourth-order valence-corrected chi connectivity index (χ4v) is 3.86. The van der Waals surface area contributed by atoms with Crippen molar-refractivity contribution < 1.29 is 9.90 Å². The van der Waals surface area contributed by atoms with Crippen LogP contribution in [0.1, 0.15) is 18.4 Å². The van der Waals surface area contributed by atoms with Crippen LogP contribution in [0.25, 0.3) is 0 Å². The number of nitrogens with zero attached hydrogens (tertiary/aromatic N) is 1. The second-order valence-electron chi connectivity index (χ2n) is 5.78. The summed E-state index contributed by atoms with van der Waals surface area (Å²) in [5, 5.41) is 11.0. The van der Waals surface area contributed by atoms with Crippen molar-refractivity contribution in [3.05, 3.63) is 33.8 Å². The van der Waals surface area contributed by atoms with Crippen LogP contribution in [-0.2, 0) is 11.2 Å². The number of halogens is 2. The van der Waals surface area contributed by atoms with Crippen LogP contribution < -0.4 is 0 Å². The number of benzene rings is 1. The minimum absolute atomic E-state index is 0.0795. The average molecular weight is 314 g/mol. The lowest BCUT2D eigenvalue weighted by Crippen LogP contribution is -2.32. The first-order valence-corrected chi connectivity index (χ1v) is 7.70. The third-order valence-corrected chi connectivity index (χ3v) is 5.12. The zero-order chi connectivity index (χ0) is 14.3. The number of hydrogen-bond acceptors (Lipinski definition) is 2. The maximum absolute atomic E-state index is 12.3. The zero-order valence-electron chi connectivity index (χ0n) is 11.1. The first kappa shape index (κ1) is 14.2. The van der Waals surface area contributed by atoms with E-state index in [4.69, 9.17) is 23.2 Å². The molecule has 5 heteroatoms. The van der Waals surface area contributed by atoms with Crippen molar-refractivity contribution in [2.75, 3.05) is 13.1 Å². The Kier molecular flexibility index (Phi) is 3.93. The summed E-state index contributed by atoms with van der Waals surface area (Å²) in [5.74, 6) is 0.810. The Hall–Kier alpha value is -0.770. The zero-order valence-corrected chi connectivity index (χ0v) is 12.6. The third-order valence-electron chi connectivity index (χ3n) is 4.53. The van der Waals surface area contributed by atoms with E-state index in [9.17, 15) is 9.90 Å². The summed E-state index contributed by atoms with van der Waals surface area (Å²) in [5.41, 5.74) is 0.804. The molecule has 1 amide bonds. The van der Waals surface area contributed by atoms with Crippen LogP contribution in [0.3, 0.4) is 0 Å². The maximum Gasteiger partial charge on any atom is 0.227 e. The van der Waals surface area contributed by atoms with Gasteiger partial charge in [0.05, 0.1) is 12.5 Å². The second-order valence-corrected chi connectivity index (χ2v) is 6.62. The fraction of sp³-hybridized carbons (Fsp3) is 0.533. The van der Waals surface area contributed by atoms with E-state index in [1.54, 1.807) is 18.2 Å². The van der Waals surface area contributed by atoms with Crippen molar-refractivity contribution in [3.8, 4) is 0 Å². The molecular formula is C15H17Cl2NO2. The molecule has 0 spiro atoms. The van der Waals surface area contributed by atoms with Gasteiger partial charge in [-0.3, -0.25) is 4.79 Å². The van der Waals surface area contributed by atoms with Gasteiger partial charge in [-0.25, -0.2) is 0 Å². The van der Waals surface area contributed by atoms with Crippen molar-refractivity contribution in [1.29, 1.82) is 0 Å². The standard InChI is InChI=1S/C15H17Cl2NO2/c16-11-3-1-9(13(17)6-11)5-15(20)18-7-10-2-4-14(19)12(10)8-18/h1,3,6,10,12,14,19H,2,4-5,7-8H2. The molecule has 1 saturated carbocycles. The van der Waals surface area contributed by atoms with Gasteiger partial charge in [-0.15, -0.1) is 0 Å². The number of rotatable bonds is 2. The summed E-state index contributed by atoms with van der Waals surface area (Å²) >= 11 is 12.0. The highest BCUT2D eigenvalue weighted by Gasteiger charge is 2.43. The Balaban J connectivity index is 1.66. The van der Waals surface area contributed by atoms with Crippen molar-refractivity contribution in [1.82, 2.24) is 4.90 Å². The van der Waals surface area contributed by atoms with E-state index >= 15 is 0 Å². The van der Waals surface area contributed by atoms with Crippen LogP contribution in [-0.4, -0.2) is 35.1 Å². The van der Waals surface area contributed by atoms with E-state index in [-0.39, 0.29) is 17.9 Å². The van der Waals surface area contributed by atoms with Gasteiger partial charge in [-0.2, -0.15) is 0 Å². The van der Waals surface area contributed by atoms with Crippen LogP contribution in [0.2, 0.25) is 10.0 Å². The Labute approximate surface area is 128 Å². The van der Waals surface area contributed by atoms with Crippen LogP contribution in [0.4, 0.5) is 0 Å². The summed E-state index contributed by atoms with van der Waals surface area (Å²) in [7, 11) is 0. The van der Waals surface area contributed by atoms with E-state index in [0.717, 1.165) is 24.9 Å². The smallest absolute Gasteiger partial charge is 0.227 e. The molecular weight excluding hydrogens is 297 g/mol. The predicted molar refractivity (Wildman–Crippen MR) is 79.0 cm³/mol.